The molecule has 0 heterocycles. The van der Waals surface area contributed by atoms with Gasteiger partial charge in [-0.05, 0) is 25.0 Å². The monoisotopic (exact) mass is 292 g/mol. The van der Waals surface area contributed by atoms with E-state index in [4.69, 9.17) is 0 Å². The summed E-state index contributed by atoms with van der Waals surface area (Å²) in [5, 5.41) is 0.597. The number of benzene rings is 1. The SMILES string of the molecule is O=C(CSC1CCCCC1)NNC(=O)c1ccccc1. The molecule has 1 aliphatic carbocycles. The number of carbonyl (C=O) groups is 2. The van der Waals surface area contributed by atoms with Crippen molar-refractivity contribution >= 4 is 23.6 Å². The van der Waals surface area contributed by atoms with Crippen molar-refractivity contribution in [1.29, 1.82) is 0 Å². The third-order valence-electron chi connectivity index (χ3n) is 3.35. The van der Waals surface area contributed by atoms with Crippen LogP contribution in [-0.4, -0.2) is 22.8 Å². The van der Waals surface area contributed by atoms with Crippen molar-refractivity contribution in [2.24, 2.45) is 0 Å². The average Bonchev–Trinajstić information content (AvgIpc) is 2.52. The van der Waals surface area contributed by atoms with Gasteiger partial charge in [-0.1, -0.05) is 37.5 Å². The van der Waals surface area contributed by atoms with Crippen molar-refractivity contribution in [3.05, 3.63) is 35.9 Å². The summed E-state index contributed by atoms with van der Waals surface area (Å²) in [5.74, 6) is -0.0359. The molecule has 0 aliphatic heterocycles. The number of thioether (sulfide) groups is 1. The number of amides is 2. The van der Waals surface area contributed by atoms with E-state index in [1.165, 1.54) is 32.1 Å². The molecule has 1 aliphatic rings. The lowest BCUT2D eigenvalue weighted by Crippen LogP contribution is -2.42. The number of hydrogen-bond donors (Lipinski definition) is 2. The molecule has 5 heteroatoms. The summed E-state index contributed by atoms with van der Waals surface area (Å²) in [7, 11) is 0. The predicted molar refractivity (Wildman–Crippen MR) is 81.4 cm³/mol. The van der Waals surface area contributed by atoms with Gasteiger partial charge in [0.05, 0.1) is 5.75 Å². The third kappa shape index (κ3) is 4.89. The van der Waals surface area contributed by atoms with Crippen LogP contribution in [0.5, 0.6) is 0 Å². The number of rotatable bonds is 4. The van der Waals surface area contributed by atoms with Crippen LogP contribution in [-0.2, 0) is 4.79 Å². The van der Waals surface area contributed by atoms with Crippen LogP contribution in [0.2, 0.25) is 0 Å². The van der Waals surface area contributed by atoms with Crippen LogP contribution in [0.3, 0.4) is 0 Å². The largest absolute Gasteiger partial charge is 0.272 e. The average molecular weight is 292 g/mol. The first-order chi connectivity index (χ1) is 9.75. The van der Waals surface area contributed by atoms with Gasteiger partial charge in [-0.25, -0.2) is 0 Å². The van der Waals surface area contributed by atoms with Crippen molar-refractivity contribution < 1.29 is 9.59 Å². The first-order valence-corrected chi connectivity index (χ1v) is 8.06. The Morgan fingerprint density at radius 3 is 2.45 bits per heavy atom. The van der Waals surface area contributed by atoms with Crippen LogP contribution >= 0.6 is 11.8 Å². The molecule has 20 heavy (non-hydrogen) atoms. The Kier molecular flexibility index (Phi) is 5.92. The van der Waals surface area contributed by atoms with Gasteiger partial charge in [0.2, 0.25) is 5.91 Å². The molecule has 2 amide bonds. The fourth-order valence-electron chi connectivity index (χ4n) is 2.25. The number of hydrogen-bond acceptors (Lipinski definition) is 3. The van der Waals surface area contributed by atoms with Crippen LogP contribution in [0.25, 0.3) is 0 Å². The van der Waals surface area contributed by atoms with Crippen molar-refractivity contribution in [1.82, 2.24) is 10.9 Å². The molecule has 1 fully saturated rings. The van der Waals surface area contributed by atoms with Crippen LogP contribution in [0, 0.1) is 0 Å². The van der Waals surface area contributed by atoms with Crippen molar-refractivity contribution in [3.8, 4) is 0 Å². The van der Waals surface area contributed by atoms with Gasteiger partial charge in [-0.3, -0.25) is 20.4 Å². The highest BCUT2D eigenvalue weighted by Crippen LogP contribution is 2.27. The van der Waals surface area contributed by atoms with E-state index in [9.17, 15) is 9.59 Å². The molecule has 0 radical (unpaired) electrons. The minimum absolute atomic E-state index is 0.148. The fourth-order valence-corrected chi connectivity index (χ4v) is 3.38. The van der Waals surface area contributed by atoms with E-state index in [1.807, 2.05) is 6.07 Å². The van der Waals surface area contributed by atoms with Gasteiger partial charge in [0, 0.05) is 10.8 Å². The minimum atomic E-state index is -0.290. The predicted octanol–water partition coefficient (Wildman–Crippen LogP) is 2.51. The fraction of sp³-hybridized carbons (Fsp3) is 0.467. The number of hydrazine groups is 1. The molecule has 1 aromatic rings. The molecule has 0 bridgehead atoms. The molecule has 2 rings (SSSR count). The van der Waals surface area contributed by atoms with E-state index < -0.39 is 0 Å². The summed E-state index contributed by atoms with van der Waals surface area (Å²) >= 11 is 1.69. The molecule has 4 nitrogen and oxygen atoms in total. The Labute approximate surface area is 123 Å². The van der Waals surface area contributed by atoms with Crippen LogP contribution in [0.1, 0.15) is 42.5 Å². The molecule has 0 unspecified atom stereocenters. The summed E-state index contributed by atoms with van der Waals surface area (Å²) in [6, 6.07) is 8.83. The lowest BCUT2D eigenvalue weighted by atomic mass is 10.0. The quantitative estimate of drug-likeness (QED) is 0.838. The van der Waals surface area contributed by atoms with Gasteiger partial charge in [-0.15, -0.1) is 11.8 Å². The maximum Gasteiger partial charge on any atom is 0.269 e. The maximum absolute atomic E-state index is 11.7. The Hall–Kier alpha value is -1.49. The molecular weight excluding hydrogens is 272 g/mol. The standard InChI is InChI=1S/C15H20N2O2S/c18-14(11-20-13-9-5-2-6-10-13)16-17-15(19)12-7-3-1-4-8-12/h1,3-4,7-8,13H,2,5-6,9-11H2,(H,16,18)(H,17,19). The smallest absolute Gasteiger partial charge is 0.269 e. The Balaban J connectivity index is 1.66. The van der Waals surface area contributed by atoms with E-state index in [1.54, 1.807) is 36.0 Å². The first-order valence-electron chi connectivity index (χ1n) is 7.01. The number of nitrogens with one attached hydrogen (secondary N) is 2. The minimum Gasteiger partial charge on any atom is -0.272 e. The molecule has 1 aromatic carbocycles. The zero-order valence-corrected chi connectivity index (χ0v) is 12.2. The summed E-state index contributed by atoms with van der Waals surface area (Å²) in [4.78, 5) is 23.4. The van der Waals surface area contributed by atoms with Gasteiger partial charge in [-0.2, -0.15) is 0 Å². The van der Waals surface area contributed by atoms with E-state index in [0.717, 1.165) is 0 Å². The molecule has 2 N–H and O–H groups in total. The Bertz CT molecular complexity index is 444. The second-order valence-electron chi connectivity index (χ2n) is 4.94. The zero-order valence-electron chi connectivity index (χ0n) is 11.4. The zero-order chi connectivity index (χ0) is 14.2. The highest BCUT2D eigenvalue weighted by molar-refractivity contribution is 8.00. The lowest BCUT2D eigenvalue weighted by molar-refractivity contribution is -0.119. The van der Waals surface area contributed by atoms with Crippen molar-refractivity contribution in [2.45, 2.75) is 37.4 Å². The molecule has 0 spiro atoms. The third-order valence-corrected chi connectivity index (χ3v) is 4.73. The van der Waals surface area contributed by atoms with Crippen LogP contribution < -0.4 is 10.9 Å². The van der Waals surface area contributed by atoms with Gasteiger partial charge in [0.25, 0.3) is 5.91 Å². The second kappa shape index (κ2) is 7.94. The van der Waals surface area contributed by atoms with E-state index >= 15 is 0 Å². The summed E-state index contributed by atoms with van der Waals surface area (Å²) in [5.41, 5.74) is 5.43. The first kappa shape index (κ1) is 14.9. The van der Waals surface area contributed by atoms with Crippen molar-refractivity contribution in [2.75, 3.05) is 5.75 Å². The van der Waals surface area contributed by atoms with E-state index in [2.05, 4.69) is 10.9 Å². The van der Waals surface area contributed by atoms with Gasteiger partial charge in [0.15, 0.2) is 0 Å². The maximum atomic E-state index is 11.7. The molecule has 0 aromatic heterocycles. The summed E-state index contributed by atoms with van der Waals surface area (Å²) in [6.45, 7) is 0. The topological polar surface area (TPSA) is 58.2 Å². The lowest BCUT2D eigenvalue weighted by Gasteiger charge is -2.20. The van der Waals surface area contributed by atoms with Gasteiger partial charge >= 0.3 is 0 Å². The molecular formula is C15H20N2O2S. The van der Waals surface area contributed by atoms with Crippen molar-refractivity contribution in [3.63, 3.8) is 0 Å². The highest BCUT2D eigenvalue weighted by Gasteiger charge is 2.15. The number of carbonyl (C=O) groups excluding carboxylic acids is 2. The van der Waals surface area contributed by atoms with Gasteiger partial charge < -0.3 is 0 Å². The molecule has 0 atom stereocenters. The van der Waals surface area contributed by atoms with E-state index in [0.29, 0.717) is 16.6 Å². The molecule has 0 saturated heterocycles. The highest BCUT2D eigenvalue weighted by atomic mass is 32.2. The van der Waals surface area contributed by atoms with Crippen LogP contribution in [0.15, 0.2) is 30.3 Å². The van der Waals surface area contributed by atoms with Crippen LogP contribution in [0.4, 0.5) is 0 Å². The van der Waals surface area contributed by atoms with E-state index in [-0.39, 0.29) is 11.8 Å². The van der Waals surface area contributed by atoms with Gasteiger partial charge in [0.1, 0.15) is 0 Å². The molecule has 1 saturated carbocycles. The summed E-state index contributed by atoms with van der Waals surface area (Å²) in [6.07, 6.45) is 6.26. The Morgan fingerprint density at radius 2 is 1.75 bits per heavy atom. The second-order valence-corrected chi connectivity index (χ2v) is 6.23. The normalized spacial score (nSPS) is 15.6. The summed E-state index contributed by atoms with van der Waals surface area (Å²) < 4.78 is 0. The molecule has 108 valence electrons. The Morgan fingerprint density at radius 1 is 1.05 bits per heavy atom.